The lowest BCUT2D eigenvalue weighted by molar-refractivity contribution is 0.206. The van der Waals surface area contributed by atoms with Crippen molar-refractivity contribution in [3.63, 3.8) is 0 Å². The summed E-state index contributed by atoms with van der Waals surface area (Å²) < 4.78 is 0. The monoisotopic (exact) mass is 400 g/mol. The van der Waals surface area contributed by atoms with Crippen molar-refractivity contribution in [1.82, 2.24) is 10.2 Å². The van der Waals surface area contributed by atoms with Crippen LogP contribution in [0.15, 0.2) is 35.3 Å². The minimum Gasteiger partial charge on any atom is -0.370 e. The summed E-state index contributed by atoms with van der Waals surface area (Å²) in [6.07, 6.45) is 4.71. The molecule has 4 nitrogen and oxygen atoms in total. The fraction of sp³-hybridized carbons (Fsp3) is 0.562. The highest BCUT2D eigenvalue weighted by molar-refractivity contribution is 14.0. The predicted molar refractivity (Wildman–Crippen MR) is 97.9 cm³/mol. The van der Waals surface area contributed by atoms with Crippen molar-refractivity contribution in [3.05, 3.63) is 35.9 Å². The zero-order chi connectivity index (χ0) is 13.8. The number of nitrogens with two attached hydrogens (primary N) is 1. The topological polar surface area (TPSA) is 53.6 Å². The third-order valence-corrected chi connectivity index (χ3v) is 4.06. The van der Waals surface area contributed by atoms with Crippen LogP contribution in [0, 0.1) is 0 Å². The zero-order valence-electron chi connectivity index (χ0n) is 12.4. The van der Waals surface area contributed by atoms with Crippen LogP contribution in [0.2, 0.25) is 0 Å². The van der Waals surface area contributed by atoms with E-state index in [9.17, 15) is 0 Å². The van der Waals surface area contributed by atoms with Crippen molar-refractivity contribution in [3.8, 4) is 0 Å². The van der Waals surface area contributed by atoms with Gasteiger partial charge in [-0.25, -0.2) is 0 Å². The Kier molecular flexibility index (Phi) is 6.29. The average molecular weight is 400 g/mol. The van der Waals surface area contributed by atoms with Crippen molar-refractivity contribution in [1.29, 1.82) is 0 Å². The molecule has 1 aliphatic carbocycles. The van der Waals surface area contributed by atoms with Crippen LogP contribution in [0.25, 0.3) is 0 Å². The number of rotatable bonds is 4. The molecule has 0 atom stereocenters. The maximum Gasteiger partial charge on any atom is 0.189 e. The van der Waals surface area contributed by atoms with E-state index in [2.05, 4.69) is 45.5 Å². The Labute approximate surface area is 144 Å². The molecule has 21 heavy (non-hydrogen) atoms. The largest absolute Gasteiger partial charge is 0.370 e. The number of nitrogens with zero attached hydrogens (tertiary/aromatic N) is 2. The van der Waals surface area contributed by atoms with E-state index in [0.29, 0.717) is 18.0 Å². The van der Waals surface area contributed by atoms with Crippen LogP contribution < -0.4 is 11.1 Å². The van der Waals surface area contributed by atoms with Gasteiger partial charge in [0.1, 0.15) is 0 Å². The number of hydrogen-bond acceptors (Lipinski definition) is 2. The minimum absolute atomic E-state index is 0. The van der Waals surface area contributed by atoms with E-state index < -0.39 is 0 Å². The molecule has 1 aromatic carbocycles. The SMILES string of the molecule is I.NC(=NC1CCN(Cc2ccccc2)CC1)NC1CC1. The summed E-state index contributed by atoms with van der Waals surface area (Å²) in [4.78, 5) is 7.12. The van der Waals surface area contributed by atoms with Crippen LogP contribution in [0.4, 0.5) is 0 Å². The second-order valence-electron chi connectivity index (χ2n) is 5.93. The lowest BCUT2D eigenvalue weighted by Gasteiger charge is -2.30. The van der Waals surface area contributed by atoms with Crippen LogP contribution in [0.1, 0.15) is 31.2 Å². The van der Waals surface area contributed by atoms with Gasteiger partial charge in [0, 0.05) is 25.7 Å². The molecule has 2 aliphatic rings. The molecule has 3 N–H and O–H groups in total. The van der Waals surface area contributed by atoms with Gasteiger partial charge in [-0.3, -0.25) is 9.89 Å². The van der Waals surface area contributed by atoms with Crippen molar-refractivity contribution in [2.75, 3.05) is 13.1 Å². The molecule has 0 unspecified atom stereocenters. The average Bonchev–Trinajstić information content (AvgIpc) is 3.26. The molecule has 5 heteroatoms. The molecule has 1 saturated carbocycles. The van der Waals surface area contributed by atoms with Crippen molar-refractivity contribution in [2.24, 2.45) is 10.7 Å². The smallest absolute Gasteiger partial charge is 0.189 e. The summed E-state index contributed by atoms with van der Waals surface area (Å²) in [6.45, 7) is 3.27. The molecule has 0 radical (unpaired) electrons. The number of aliphatic imine (C=N–C) groups is 1. The number of halogens is 1. The summed E-state index contributed by atoms with van der Waals surface area (Å²) in [5.74, 6) is 0.647. The first-order valence-electron chi connectivity index (χ1n) is 7.66. The van der Waals surface area contributed by atoms with Crippen LogP contribution in [0.3, 0.4) is 0 Å². The van der Waals surface area contributed by atoms with E-state index in [1.807, 2.05) is 0 Å². The fourth-order valence-electron chi connectivity index (χ4n) is 2.72. The molecule has 0 amide bonds. The van der Waals surface area contributed by atoms with Gasteiger partial charge < -0.3 is 11.1 Å². The standard InChI is InChI=1S/C16H24N4.HI/c17-16(18-14-6-7-14)19-15-8-10-20(11-9-15)12-13-4-2-1-3-5-13;/h1-5,14-15H,6-12H2,(H3,17,18,19);1H. The van der Waals surface area contributed by atoms with Crippen molar-refractivity contribution in [2.45, 2.75) is 44.3 Å². The van der Waals surface area contributed by atoms with Gasteiger partial charge in [-0.2, -0.15) is 0 Å². The van der Waals surface area contributed by atoms with Gasteiger partial charge >= 0.3 is 0 Å². The van der Waals surface area contributed by atoms with E-state index in [4.69, 9.17) is 5.73 Å². The highest BCUT2D eigenvalue weighted by Crippen LogP contribution is 2.19. The van der Waals surface area contributed by atoms with E-state index >= 15 is 0 Å². The third kappa shape index (κ3) is 5.47. The van der Waals surface area contributed by atoms with Gasteiger partial charge in [0.15, 0.2) is 5.96 Å². The number of likely N-dealkylation sites (tertiary alicyclic amines) is 1. The van der Waals surface area contributed by atoms with Crippen molar-refractivity contribution < 1.29 is 0 Å². The Morgan fingerprint density at radius 2 is 1.81 bits per heavy atom. The summed E-state index contributed by atoms with van der Waals surface area (Å²) in [5.41, 5.74) is 7.32. The molecule has 1 aromatic rings. The molecule has 0 aromatic heterocycles. The summed E-state index contributed by atoms with van der Waals surface area (Å²) >= 11 is 0. The first-order chi connectivity index (χ1) is 9.79. The highest BCUT2D eigenvalue weighted by atomic mass is 127. The van der Waals surface area contributed by atoms with E-state index in [0.717, 1.165) is 32.5 Å². The lowest BCUT2D eigenvalue weighted by Crippen LogP contribution is -2.38. The Balaban J connectivity index is 0.00000161. The van der Waals surface area contributed by atoms with Gasteiger partial charge in [0.05, 0.1) is 6.04 Å². The zero-order valence-corrected chi connectivity index (χ0v) is 14.7. The quantitative estimate of drug-likeness (QED) is 0.464. The summed E-state index contributed by atoms with van der Waals surface area (Å²) in [5, 5.41) is 3.27. The molecule has 116 valence electrons. The Morgan fingerprint density at radius 3 is 2.43 bits per heavy atom. The second-order valence-corrected chi connectivity index (χ2v) is 5.93. The molecule has 0 bridgehead atoms. The molecule has 2 fully saturated rings. The Bertz CT molecular complexity index is 451. The maximum atomic E-state index is 5.93. The first kappa shape index (κ1) is 16.5. The van der Waals surface area contributed by atoms with Crippen LogP contribution in [-0.4, -0.2) is 36.0 Å². The molecular formula is C16H25IN4. The fourth-order valence-corrected chi connectivity index (χ4v) is 2.72. The number of hydrogen-bond donors (Lipinski definition) is 2. The first-order valence-corrected chi connectivity index (χ1v) is 7.66. The minimum atomic E-state index is 0. The molecule has 1 aliphatic heterocycles. The molecule has 1 heterocycles. The summed E-state index contributed by atoms with van der Waals surface area (Å²) in [6, 6.07) is 11.7. The van der Waals surface area contributed by atoms with Crippen LogP contribution in [0.5, 0.6) is 0 Å². The molecule has 1 saturated heterocycles. The van der Waals surface area contributed by atoms with E-state index in [1.165, 1.54) is 18.4 Å². The number of guanidine groups is 1. The molecule has 3 rings (SSSR count). The van der Waals surface area contributed by atoms with Gasteiger partial charge in [-0.15, -0.1) is 24.0 Å². The Morgan fingerprint density at radius 1 is 1.14 bits per heavy atom. The number of nitrogens with one attached hydrogen (secondary N) is 1. The maximum absolute atomic E-state index is 5.93. The van der Waals surface area contributed by atoms with Crippen molar-refractivity contribution >= 4 is 29.9 Å². The lowest BCUT2D eigenvalue weighted by atomic mass is 10.0. The Hall–Kier alpha value is -0.820. The van der Waals surface area contributed by atoms with Gasteiger partial charge in [-0.05, 0) is 31.2 Å². The van der Waals surface area contributed by atoms with Gasteiger partial charge in [0.25, 0.3) is 0 Å². The van der Waals surface area contributed by atoms with E-state index in [1.54, 1.807) is 0 Å². The number of piperidine rings is 1. The van der Waals surface area contributed by atoms with Crippen LogP contribution >= 0.6 is 24.0 Å². The van der Waals surface area contributed by atoms with Crippen LogP contribution in [-0.2, 0) is 6.54 Å². The molecule has 0 spiro atoms. The highest BCUT2D eigenvalue weighted by Gasteiger charge is 2.23. The molecular weight excluding hydrogens is 375 g/mol. The van der Waals surface area contributed by atoms with Gasteiger partial charge in [-0.1, -0.05) is 30.3 Å². The summed E-state index contributed by atoms with van der Waals surface area (Å²) in [7, 11) is 0. The second kappa shape index (κ2) is 7.98. The predicted octanol–water partition coefficient (Wildman–Crippen LogP) is 2.34. The third-order valence-electron chi connectivity index (χ3n) is 4.06. The number of benzene rings is 1. The van der Waals surface area contributed by atoms with Gasteiger partial charge in [0.2, 0.25) is 0 Å². The van der Waals surface area contributed by atoms with E-state index in [-0.39, 0.29) is 24.0 Å². The normalized spacial score (nSPS) is 20.9.